The number of aryl methyl sites for hydroxylation is 1. The third-order valence-electron chi connectivity index (χ3n) is 5.41. The Labute approximate surface area is 174 Å². The van der Waals surface area contributed by atoms with E-state index >= 15 is 0 Å². The summed E-state index contributed by atoms with van der Waals surface area (Å²) in [6.07, 6.45) is 1.13. The number of piperidine rings is 1. The van der Waals surface area contributed by atoms with Gasteiger partial charge in [0.15, 0.2) is 0 Å². The van der Waals surface area contributed by atoms with E-state index in [2.05, 4.69) is 10.3 Å². The molecule has 3 amide bonds. The third kappa shape index (κ3) is 4.27. The van der Waals surface area contributed by atoms with Crippen molar-refractivity contribution < 1.29 is 19.1 Å². The smallest absolute Gasteiger partial charge is 0.414 e. The highest BCUT2D eigenvalue weighted by Crippen LogP contribution is 2.23. The van der Waals surface area contributed by atoms with Gasteiger partial charge in [-0.2, -0.15) is 0 Å². The third-order valence-corrected chi connectivity index (χ3v) is 5.41. The van der Waals surface area contributed by atoms with Gasteiger partial charge >= 0.3 is 6.09 Å². The highest BCUT2D eigenvalue weighted by molar-refractivity contribution is 5.97. The van der Waals surface area contributed by atoms with Crippen molar-refractivity contribution in [1.29, 1.82) is 0 Å². The Bertz CT molecular complexity index is 960. The Balaban J connectivity index is 1.39. The minimum absolute atomic E-state index is 0.114. The molecule has 8 nitrogen and oxygen atoms in total. The molecule has 0 radical (unpaired) electrons. The van der Waals surface area contributed by atoms with Crippen LogP contribution in [0.3, 0.4) is 0 Å². The summed E-state index contributed by atoms with van der Waals surface area (Å²) in [4.78, 5) is 44.9. The van der Waals surface area contributed by atoms with E-state index in [9.17, 15) is 14.4 Å². The number of cyclic esters (lactones) is 1. The van der Waals surface area contributed by atoms with Crippen LogP contribution in [0.5, 0.6) is 0 Å². The number of carbonyl (C=O) groups is 3. The van der Waals surface area contributed by atoms with Crippen LogP contribution < -0.4 is 10.2 Å². The Morgan fingerprint density at radius 1 is 1.13 bits per heavy atom. The summed E-state index contributed by atoms with van der Waals surface area (Å²) in [6, 6.07) is 12.4. The molecular formula is C22H24N4O4. The number of pyridine rings is 1. The standard InChI is InChI=1S/C22H24N4O4/c1-15-4-2-6-19(23-15)24-20(27)17-5-3-11-25(14-17)21(28)16-7-9-18(10-8-16)26-12-13-30-22(26)29/h2,4,6-10,17H,3,5,11-14H2,1H3,(H,23,24,27). The number of hydrogen-bond acceptors (Lipinski definition) is 5. The van der Waals surface area contributed by atoms with Gasteiger partial charge in [0.1, 0.15) is 12.4 Å². The van der Waals surface area contributed by atoms with Crippen LogP contribution in [0.15, 0.2) is 42.5 Å². The zero-order valence-corrected chi connectivity index (χ0v) is 16.8. The maximum absolute atomic E-state index is 12.9. The van der Waals surface area contributed by atoms with Crippen molar-refractivity contribution in [1.82, 2.24) is 9.88 Å². The number of carbonyl (C=O) groups excluding carboxylic acids is 3. The Morgan fingerprint density at radius 2 is 1.93 bits per heavy atom. The average molecular weight is 408 g/mol. The number of aromatic nitrogens is 1. The predicted octanol–water partition coefficient (Wildman–Crippen LogP) is 2.84. The molecule has 2 fully saturated rings. The molecule has 1 atom stereocenters. The Morgan fingerprint density at radius 3 is 2.63 bits per heavy atom. The quantitative estimate of drug-likeness (QED) is 0.840. The average Bonchev–Trinajstić information content (AvgIpc) is 3.19. The molecule has 156 valence electrons. The monoisotopic (exact) mass is 408 g/mol. The van der Waals surface area contributed by atoms with Gasteiger partial charge in [-0.15, -0.1) is 0 Å². The number of nitrogens with one attached hydrogen (secondary N) is 1. The van der Waals surface area contributed by atoms with E-state index < -0.39 is 0 Å². The molecule has 2 aliphatic heterocycles. The van der Waals surface area contributed by atoms with Gasteiger partial charge in [-0.25, -0.2) is 9.78 Å². The fourth-order valence-corrected chi connectivity index (χ4v) is 3.81. The van der Waals surface area contributed by atoms with Gasteiger partial charge in [0.05, 0.1) is 12.5 Å². The maximum atomic E-state index is 12.9. The summed E-state index contributed by atoms with van der Waals surface area (Å²) in [5.74, 6) is 0.0216. The first-order valence-corrected chi connectivity index (χ1v) is 10.1. The van der Waals surface area contributed by atoms with Crippen molar-refractivity contribution in [3.8, 4) is 0 Å². The second-order valence-corrected chi connectivity index (χ2v) is 7.56. The molecule has 0 aliphatic carbocycles. The van der Waals surface area contributed by atoms with Crippen LogP contribution in [-0.2, 0) is 9.53 Å². The van der Waals surface area contributed by atoms with Crippen molar-refractivity contribution in [3.63, 3.8) is 0 Å². The van der Waals surface area contributed by atoms with Gasteiger partial charge in [-0.3, -0.25) is 14.5 Å². The van der Waals surface area contributed by atoms with Crippen molar-refractivity contribution in [3.05, 3.63) is 53.7 Å². The van der Waals surface area contributed by atoms with E-state index in [1.165, 1.54) is 4.90 Å². The van der Waals surface area contributed by atoms with E-state index in [0.29, 0.717) is 43.3 Å². The lowest BCUT2D eigenvalue weighted by molar-refractivity contribution is -0.121. The maximum Gasteiger partial charge on any atom is 0.414 e. The summed E-state index contributed by atoms with van der Waals surface area (Å²) < 4.78 is 4.95. The highest BCUT2D eigenvalue weighted by Gasteiger charge is 2.29. The van der Waals surface area contributed by atoms with E-state index in [1.807, 2.05) is 19.1 Å². The number of nitrogens with zero attached hydrogens (tertiary/aromatic N) is 3. The van der Waals surface area contributed by atoms with Crippen LogP contribution in [0.25, 0.3) is 0 Å². The van der Waals surface area contributed by atoms with Gasteiger partial charge in [-0.1, -0.05) is 6.07 Å². The summed E-state index contributed by atoms with van der Waals surface area (Å²) in [5, 5.41) is 2.86. The molecule has 1 N–H and O–H groups in total. The summed E-state index contributed by atoms with van der Waals surface area (Å²) in [5.41, 5.74) is 2.07. The molecule has 0 bridgehead atoms. The topological polar surface area (TPSA) is 91.8 Å². The fraction of sp³-hybridized carbons (Fsp3) is 0.364. The van der Waals surface area contributed by atoms with Gasteiger partial charge < -0.3 is 15.0 Å². The predicted molar refractivity (Wildman–Crippen MR) is 111 cm³/mol. The molecule has 8 heteroatoms. The summed E-state index contributed by atoms with van der Waals surface area (Å²) in [6.45, 7) is 3.73. The van der Waals surface area contributed by atoms with E-state index in [0.717, 1.165) is 18.5 Å². The van der Waals surface area contributed by atoms with Crippen LogP contribution in [0.4, 0.5) is 16.3 Å². The lowest BCUT2D eigenvalue weighted by Crippen LogP contribution is -2.43. The number of amides is 3. The first-order chi connectivity index (χ1) is 14.5. The van der Waals surface area contributed by atoms with Crippen LogP contribution in [0.2, 0.25) is 0 Å². The number of benzene rings is 1. The molecule has 0 spiro atoms. The molecule has 1 aromatic carbocycles. The first kappa shape index (κ1) is 19.9. The van der Waals surface area contributed by atoms with Crippen molar-refractivity contribution >= 4 is 29.4 Å². The van der Waals surface area contributed by atoms with Crippen molar-refractivity contribution in [2.24, 2.45) is 5.92 Å². The Hall–Kier alpha value is -3.42. The number of rotatable bonds is 4. The molecule has 2 aromatic rings. The van der Waals surface area contributed by atoms with Crippen LogP contribution in [0, 0.1) is 12.8 Å². The normalized spacial score (nSPS) is 18.8. The minimum Gasteiger partial charge on any atom is -0.447 e. The molecule has 2 aliphatic rings. The zero-order chi connectivity index (χ0) is 21.1. The van der Waals surface area contributed by atoms with E-state index in [4.69, 9.17) is 4.74 Å². The van der Waals surface area contributed by atoms with Gasteiger partial charge in [0.25, 0.3) is 5.91 Å². The highest BCUT2D eigenvalue weighted by atomic mass is 16.6. The first-order valence-electron chi connectivity index (χ1n) is 10.1. The zero-order valence-electron chi connectivity index (χ0n) is 16.8. The molecule has 1 aromatic heterocycles. The lowest BCUT2D eigenvalue weighted by Gasteiger charge is -2.32. The van der Waals surface area contributed by atoms with Gasteiger partial charge in [-0.05, 0) is 56.2 Å². The molecule has 3 heterocycles. The van der Waals surface area contributed by atoms with E-state index in [1.54, 1.807) is 35.2 Å². The number of ether oxygens (including phenoxy) is 1. The second kappa shape index (κ2) is 8.52. The largest absolute Gasteiger partial charge is 0.447 e. The number of anilines is 2. The SMILES string of the molecule is Cc1cccc(NC(=O)C2CCCN(C(=O)c3ccc(N4CCOC4=O)cc3)C2)n1. The van der Waals surface area contributed by atoms with Crippen molar-refractivity contribution in [2.75, 3.05) is 36.5 Å². The summed E-state index contributed by atoms with van der Waals surface area (Å²) >= 11 is 0. The summed E-state index contributed by atoms with van der Waals surface area (Å²) in [7, 11) is 0. The minimum atomic E-state index is -0.373. The van der Waals surface area contributed by atoms with Crippen LogP contribution >= 0.6 is 0 Å². The Kier molecular flexibility index (Phi) is 5.65. The molecular weight excluding hydrogens is 384 g/mol. The second-order valence-electron chi connectivity index (χ2n) is 7.56. The number of likely N-dealkylation sites (tertiary alicyclic amines) is 1. The molecule has 1 unspecified atom stereocenters. The van der Waals surface area contributed by atoms with Gasteiger partial charge in [0.2, 0.25) is 5.91 Å². The molecule has 0 saturated carbocycles. The molecule has 2 saturated heterocycles. The molecule has 4 rings (SSSR count). The van der Waals surface area contributed by atoms with Crippen LogP contribution in [0.1, 0.15) is 28.9 Å². The lowest BCUT2D eigenvalue weighted by atomic mass is 9.96. The molecule has 30 heavy (non-hydrogen) atoms. The fourth-order valence-electron chi connectivity index (χ4n) is 3.81. The van der Waals surface area contributed by atoms with E-state index in [-0.39, 0.29) is 23.8 Å². The van der Waals surface area contributed by atoms with Crippen LogP contribution in [-0.4, -0.2) is 54.0 Å². The van der Waals surface area contributed by atoms with Gasteiger partial charge in [0, 0.05) is 30.0 Å². The number of hydrogen-bond donors (Lipinski definition) is 1. The van der Waals surface area contributed by atoms with Crippen molar-refractivity contribution in [2.45, 2.75) is 19.8 Å².